The van der Waals surface area contributed by atoms with Gasteiger partial charge >= 0.3 is 0 Å². The fraction of sp³-hybridized carbons (Fsp3) is 0.368. The van der Waals surface area contributed by atoms with E-state index in [0.29, 0.717) is 0 Å². The highest BCUT2D eigenvalue weighted by atomic mass is 32.1. The Bertz CT molecular complexity index is 669. The zero-order valence-electron chi connectivity index (χ0n) is 12.8. The Morgan fingerprint density at radius 1 is 0.857 bits per heavy atom. The molecule has 0 aliphatic carbocycles. The molecule has 0 aliphatic rings. The zero-order valence-corrected chi connectivity index (χ0v) is 14.4. The van der Waals surface area contributed by atoms with Gasteiger partial charge in [0.15, 0.2) is 0 Å². The zero-order chi connectivity index (χ0) is 14.7. The first-order valence-electron chi connectivity index (χ1n) is 7.91. The number of hydrogen-bond acceptors (Lipinski definition) is 2. The van der Waals surface area contributed by atoms with E-state index in [1.807, 2.05) is 22.7 Å². The van der Waals surface area contributed by atoms with Crippen LogP contribution in [0.4, 0.5) is 0 Å². The molecule has 21 heavy (non-hydrogen) atoms. The molecule has 0 bridgehead atoms. The molecule has 0 fully saturated rings. The number of rotatable bonds is 6. The van der Waals surface area contributed by atoms with Gasteiger partial charge in [0.2, 0.25) is 0 Å². The first-order valence-corrected chi connectivity index (χ1v) is 9.55. The van der Waals surface area contributed by atoms with Crippen molar-refractivity contribution in [1.29, 1.82) is 0 Å². The Morgan fingerprint density at radius 2 is 1.62 bits per heavy atom. The highest BCUT2D eigenvalue weighted by Gasteiger charge is 2.08. The van der Waals surface area contributed by atoms with Crippen molar-refractivity contribution in [3.8, 4) is 10.4 Å². The number of aryl methyl sites for hydroxylation is 2. The molecule has 0 atom stereocenters. The molecule has 0 spiro atoms. The second-order valence-corrected chi connectivity index (χ2v) is 7.81. The fourth-order valence-corrected chi connectivity index (χ4v) is 5.07. The van der Waals surface area contributed by atoms with Crippen LogP contribution in [0.15, 0.2) is 36.4 Å². The average Bonchev–Trinajstić information content (AvgIpc) is 3.06. The number of thiophene rings is 2. The minimum absolute atomic E-state index is 1.11. The van der Waals surface area contributed by atoms with Crippen LogP contribution in [0, 0.1) is 0 Å². The molecule has 0 N–H and O–H groups in total. The predicted molar refractivity (Wildman–Crippen MR) is 97.7 cm³/mol. The molecular formula is C19H22S2. The molecule has 0 nitrogen and oxygen atoms in total. The summed E-state index contributed by atoms with van der Waals surface area (Å²) in [6, 6.07) is 13.8. The van der Waals surface area contributed by atoms with Crippen LogP contribution in [0.3, 0.4) is 0 Å². The molecular weight excluding hydrogens is 292 g/mol. The molecule has 2 aromatic heterocycles. The summed E-state index contributed by atoms with van der Waals surface area (Å²) in [5.74, 6) is 0. The lowest BCUT2D eigenvalue weighted by atomic mass is 10.1. The quantitative estimate of drug-likeness (QED) is 0.433. The van der Waals surface area contributed by atoms with Crippen molar-refractivity contribution in [3.05, 3.63) is 46.8 Å². The summed E-state index contributed by atoms with van der Waals surface area (Å²) in [4.78, 5) is 2.96. The first kappa shape index (κ1) is 14.8. The van der Waals surface area contributed by atoms with E-state index in [2.05, 4.69) is 50.2 Å². The van der Waals surface area contributed by atoms with Crippen molar-refractivity contribution >= 4 is 32.1 Å². The first-order chi connectivity index (χ1) is 10.3. The summed E-state index contributed by atoms with van der Waals surface area (Å²) in [5, 5.41) is 0. The molecule has 0 saturated heterocycles. The average molecular weight is 315 g/mol. The Kier molecular flexibility index (Phi) is 4.77. The maximum Gasteiger partial charge on any atom is 0.0460 e. The molecule has 2 heterocycles. The lowest BCUT2D eigenvalue weighted by Crippen LogP contribution is -1.79. The SMILES string of the molecule is CCCCCc1cc2sc(-c3ccc(CC)cc3)cc2s1. The highest BCUT2D eigenvalue weighted by molar-refractivity contribution is 7.29. The molecule has 0 amide bonds. The van der Waals surface area contributed by atoms with E-state index in [1.54, 1.807) is 4.88 Å². The van der Waals surface area contributed by atoms with Gasteiger partial charge in [0.1, 0.15) is 0 Å². The van der Waals surface area contributed by atoms with E-state index < -0.39 is 0 Å². The van der Waals surface area contributed by atoms with Gasteiger partial charge < -0.3 is 0 Å². The van der Waals surface area contributed by atoms with E-state index in [0.717, 1.165) is 6.42 Å². The van der Waals surface area contributed by atoms with Crippen LogP contribution in [-0.2, 0) is 12.8 Å². The van der Waals surface area contributed by atoms with Crippen LogP contribution in [0.1, 0.15) is 43.6 Å². The second-order valence-electron chi connectivity index (χ2n) is 5.56. The van der Waals surface area contributed by atoms with E-state index in [4.69, 9.17) is 0 Å². The van der Waals surface area contributed by atoms with Crippen LogP contribution < -0.4 is 0 Å². The summed E-state index contributed by atoms with van der Waals surface area (Å²) in [7, 11) is 0. The normalized spacial score (nSPS) is 11.3. The molecule has 110 valence electrons. The van der Waals surface area contributed by atoms with Gasteiger partial charge in [-0.1, -0.05) is 51.0 Å². The number of hydrogen-bond donors (Lipinski definition) is 0. The van der Waals surface area contributed by atoms with Gasteiger partial charge in [-0.3, -0.25) is 0 Å². The van der Waals surface area contributed by atoms with Gasteiger partial charge in [-0.25, -0.2) is 0 Å². The molecule has 0 aliphatic heterocycles. The van der Waals surface area contributed by atoms with E-state index >= 15 is 0 Å². The van der Waals surface area contributed by atoms with Crippen molar-refractivity contribution in [1.82, 2.24) is 0 Å². The molecule has 0 radical (unpaired) electrons. The maximum absolute atomic E-state index is 2.41. The Hall–Kier alpha value is -1.12. The van der Waals surface area contributed by atoms with Crippen LogP contribution >= 0.6 is 22.7 Å². The topological polar surface area (TPSA) is 0 Å². The molecule has 3 rings (SSSR count). The Morgan fingerprint density at radius 3 is 2.29 bits per heavy atom. The Labute approximate surface area is 135 Å². The molecule has 0 unspecified atom stereocenters. The van der Waals surface area contributed by atoms with Crippen LogP contribution in [0.25, 0.3) is 19.8 Å². The summed E-state index contributed by atoms with van der Waals surface area (Å²) in [6.07, 6.45) is 6.34. The van der Waals surface area contributed by atoms with Crippen LogP contribution in [0.5, 0.6) is 0 Å². The molecule has 0 saturated carbocycles. The monoisotopic (exact) mass is 314 g/mol. The third-order valence-corrected chi connectivity index (χ3v) is 6.33. The highest BCUT2D eigenvalue weighted by Crippen LogP contribution is 2.38. The summed E-state index contributed by atoms with van der Waals surface area (Å²) in [6.45, 7) is 4.47. The maximum atomic E-state index is 2.41. The van der Waals surface area contributed by atoms with Crippen molar-refractivity contribution in [3.63, 3.8) is 0 Å². The van der Waals surface area contributed by atoms with Gasteiger partial charge in [-0.2, -0.15) is 0 Å². The van der Waals surface area contributed by atoms with Gasteiger partial charge in [-0.05, 0) is 42.5 Å². The van der Waals surface area contributed by atoms with Gasteiger partial charge in [0, 0.05) is 19.2 Å². The van der Waals surface area contributed by atoms with Crippen molar-refractivity contribution < 1.29 is 0 Å². The number of unbranched alkanes of at least 4 members (excludes halogenated alkanes) is 2. The van der Waals surface area contributed by atoms with Crippen molar-refractivity contribution in [2.45, 2.75) is 46.0 Å². The Balaban J connectivity index is 1.79. The number of fused-ring (bicyclic) bond motifs is 1. The van der Waals surface area contributed by atoms with Gasteiger partial charge in [0.25, 0.3) is 0 Å². The van der Waals surface area contributed by atoms with Crippen molar-refractivity contribution in [2.75, 3.05) is 0 Å². The third kappa shape index (κ3) is 3.38. The standard InChI is InChI=1S/C19H22S2/c1-3-5-6-7-16-12-18-19(20-16)13-17(21-18)15-10-8-14(4-2)9-11-15/h8-13H,3-7H2,1-2H3. The largest absolute Gasteiger partial charge is 0.139 e. The number of benzene rings is 1. The van der Waals surface area contributed by atoms with E-state index in [9.17, 15) is 0 Å². The minimum Gasteiger partial charge on any atom is -0.139 e. The van der Waals surface area contributed by atoms with E-state index in [1.165, 1.54) is 51.1 Å². The summed E-state index contributed by atoms with van der Waals surface area (Å²) >= 11 is 3.92. The predicted octanol–water partition coefficient (Wildman–Crippen LogP) is 6.92. The van der Waals surface area contributed by atoms with Crippen LogP contribution in [-0.4, -0.2) is 0 Å². The second kappa shape index (κ2) is 6.76. The van der Waals surface area contributed by atoms with Gasteiger partial charge in [0.05, 0.1) is 0 Å². The lowest BCUT2D eigenvalue weighted by Gasteiger charge is -1.99. The lowest BCUT2D eigenvalue weighted by molar-refractivity contribution is 0.723. The van der Waals surface area contributed by atoms with Gasteiger partial charge in [-0.15, -0.1) is 22.7 Å². The molecule has 3 aromatic rings. The molecule has 2 heteroatoms. The van der Waals surface area contributed by atoms with Crippen molar-refractivity contribution in [2.24, 2.45) is 0 Å². The molecule has 1 aromatic carbocycles. The fourth-order valence-electron chi connectivity index (χ4n) is 2.61. The summed E-state index contributed by atoms with van der Waals surface area (Å²) in [5.41, 5.74) is 2.77. The summed E-state index contributed by atoms with van der Waals surface area (Å²) < 4.78 is 2.92. The van der Waals surface area contributed by atoms with E-state index in [-0.39, 0.29) is 0 Å². The third-order valence-electron chi connectivity index (χ3n) is 3.93. The minimum atomic E-state index is 1.11. The van der Waals surface area contributed by atoms with Crippen LogP contribution in [0.2, 0.25) is 0 Å². The smallest absolute Gasteiger partial charge is 0.0460 e.